The van der Waals surface area contributed by atoms with Gasteiger partial charge >= 0.3 is 0 Å². The van der Waals surface area contributed by atoms with E-state index in [0.717, 1.165) is 18.7 Å². The van der Waals surface area contributed by atoms with Gasteiger partial charge in [0.25, 0.3) is 0 Å². The van der Waals surface area contributed by atoms with Crippen LogP contribution in [0.5, 0.6) is 5.75 Å². The van der Waals surface area contributed by atoms with E-state index in [-0.39, 0.29) is 6.61 Å². The Morgan fingerprint density at radius 3 is 2.72 bits per heavy atom. The number of aryl methyl sites for hydroxylation is 1. The predicted octanol–water partition coefficient (Wildman–Crippen LogP) is 2.47. The molecule has 3 heteroatoms. The molecule has 18 heavy (non-hydrogen) atoms. The Balaban J connectivity index is 2.43. The van der Waals surface area contributed by atoms with Crippen LogP contribution in [0.25, 0.3) is 0 Å². The lowest BCUT2D eigenvalue weighted by atomic mass is 10.0. The molecule has 0 bridgehead atoms. The number of ether oxygens (including phenoxy) is 1. The SMILES string of the molecule is Cc1ccc(C(C)C)c(OCCCNCCO)c1. The van der Waals surface area contributed by atoms with Crippen molar-refractivity contribution >= 4 is 0 Å². The van der Waals surface area contributed by atoms with Gasteiger partial charge < -0.3 is 15.2 Å². The Bertz CT molecular complexity index is 350. The van der Waals surface area contributed by atoms with Crippen LogP contribution in [-0.4, -0.2) is 31.4 Å². The van der Waals surface area contributed by atoms with E-state index in [4.69, 9.17) is 9.84 Å². The molecule has 0 saturated carbocycles. The van der Waals surface area contributed by atoms with Crippen LogP contribution in [0.2, 0.25) is 0 Å². The summed E-state index contributed by atoms with van der Waals surface area (Å²) in [7, 11) is 0. The number of benzene rings is 1. The zero-order valence-electron chi connectivity index (χ0n) is 11.7. The van der Waals surface area contributed by atoms with Gasteiger partial charge in [0.15, 0.2) is 0 Å². The highest BCUT2D eigenvalue weighted by molar-refractivity contribution is 5.39. The van der Waals surface area contributed by atoms with Crippen molar-refractivity contribution in [2.24, 2.45) is 0 Å². The van der Waals surface area contributed by atoms with Crippen LogP contribution in [0.4, 0.5) is 0 Å². The van der Waals surface area contributed by atoms with Crippen molar-refractivity contribution in [1.82, 2.24) is 5.32 Å². The number of aliphatic hydroxyl groups excluding tert-OH is 1. The minimum absolute atomic E-state index is 0.191. The fraction of sp³-hybridized carbons (Fsp3) is 0.600. The molecular formula is C15H25NO2. The standard InChI is InChI=1S/C15H25NO2/c1-12(2)14-6-5-13(3)11-15(14)18-10-4-7-16-8-9-17/h5-6,11-12,16-17H,4,7-10H2,1-3H3. The Morgan fingerprint density at radius 2 is 2.06 bits per heavy atom. The van der Waals surface area contributed by atoms with Crippen LogP contribution in [0.15, 0.2) is 18.2 Å². The van der Waals surface area contributed by atoms with Crippen LogP contribution >= 0.6 is 0 Å². The van der Waals surface area contributed by atoms with Crippen molar-refractivity contribution < 1.29 is 9.84 Å². The summed E-state index contributed by atoms with van der Waals surface area (Å²) in [5, 5.41) is 11.8. The smallest absolute Gasteiger partial charge is 0.122 e. The van der Waals surface area contributed by atoms with Gasteiger partial charge in [-0.15, -0.1) is 0 Å². The summed E-state index contributed by atoms with van der Waals surface area (Å²) in [6.45, 7) is 8.88. The van der Waals surface area contributed by atoms with E-state index in [1.165, 1.54) is 11.1 Å². The highest BCUT2D eigenvalue weighted by Gasteiger charge is 2.07. The zero-order chi connectivity index (χ0) is 13.4. The Labute approximate surface area is 110 Å². The Kier molecular flexibility index (Phi) is 6.76. The van der Waals surface area contributed by atoms with Crippen molar-refractivity contribution in [3.05, 3.63) is 29.3 Å². The third-order valence-electron chi connectivity index (χ3n) is 2.84. The average Bonchev–Trinajstić information content (AvgIpc) is 2.33. The maximum atomic E-state index is 8.64. The first-order chi connectivity index (χ1) is 8.65. The quantitative estimate of drug-likeness (QED) is 0.697. The van der Waals surface area contributed by atoms with Crippen LogP contribution in [0.3, 0.4) is 0 Å². The molecule has 0 atom stereocenters. The van der Waals surface area contributed by atoms with E-state index in [1.807, 2.05) is 0 Å². The molecule has 0 aliphatic rings. The van der Waals surface area contributed by atoms with Crippen molar-refractivity contribution in [3.8, 4) is 5.75 Å². The molecule has 0 aliphatic heterocycles. The van der Waals surface area contributed by atoms with Gasteiger partial charge in [0.05, 0.1) is 13.2 Å². The van der Waals surface area contributed by atoms with Crippen LogP contribution in [0.1, 0.15) is 37.3 Å². The molecule has 0 saturated heterocycles. The van der Waals surface area contributed by atoms with E-state index in [2.05, 4.69) is 44.3 Å². The van der Waals surface area contributed by atoms with Gasteiger partial charge in [0.1, 0.15) is 5.75 Å². The molecule has 0 unspecified atom stereocenters. The van der Waals surface area contributed by atoms with Gasteiger partial charge in [-0.1, -0.05) is 26.0 Å². The van der Waals surface area contributed by atoms with Gasteiger partial charge in [0.2, 0.25) is 0 Å². The van der Waals surface area contributed by atoms with Crippen molar-refractivity contribution in [2.45, 2.75) is 33.1 Å². The van der Waals surface area contributed by atoms with E-state index < -0.39 is 0 Å². The maximum absolute atomic E-state index is 8.64. The van der Waals surface area contributed by atoms with Gasteiger partial charge in [-0.2, -0.15) is 0 Å². The second-order valence-electron chi connectivity index (χ2n) is 4.87. The number of rotatable bonds is 8. The summed E-state index contributed by atoms with van der Waals surface area (Å²) in [5.74, 6) is 1.49. The van der Waals surface area contributed by atoms with Gasteiger partial charge in [-0.3, -0.25) is 0 Å². The molecule has 3 nitrogen and oxygen atoms in total. The van der Waals surface area contributed by atoms with E-state index in [0.29, 0.717) is 19.1 Å². The first-order valence-electron chi connectivity index (χ1n) is 6.70. The number of nitrogens with one attached hydrogen (secondary N) is 1. The first kappa shape index (κ1) is 15.0. The van der Waals surface area contributed by atoms with Gasteiger partial charge in [-0.05, 0) is 43.0 Å². The molecule has 0 radical (unpaired) electrons. The van der Waals surface area contributed by atoms with Crippen LogP contribution in [-0.2, 0) is 0 Å². The van der Waals surface area contributed by atoms with Crippen molar-refractivity contribution in [3.63, 3.8) is 0 Å². The summed E-state index contributed by atoms with van der Waals surface area (Å²) < 4.78 is 5.86. The fourth-order valence-corrected chi connectivity index (χ4v) is 1.83. The molecule has 1 rings (SSSR count). The second kappa shape index (κ2) is 8.11. The summed E-state index contributed by atoms with van der Waals surface area (Å²) in [6.07, 6.45) is 0.950. The summed E-state index contributed by atoms with van der Waals surface area (Å²) in [5.41, 5.74) is 2.50. The molecule has 0 fully saturated rings. The number of hydrogen-bond acceptors (Lipinski definition) is 3. The maximum Gasteiger partial charge on any atom is 0.122 e. The lowest BCUT2D eigenvalue weighted by molar-refractivity contribution is 0.281. The highest BCUT2D eigenvalue weighted by Crippen LogP contribution is 2.27. The lowest BCUT2D eigenvalue weighted by Gasteiger charge is -2.15. The molecule has 102 valence electrons. The molecule has 2 N–H and O–H groups in total. The largest absolute Gasteiger partial charge is 0.493 e. The zero-order valence-corrected chi connectivity index (χ0v) is 11.7. The van der Waals surface area contributed by atoms with E-state index >= 15 is 0 Å². The summed E-state index contributed by atoms with van der Waals surface area (Å²) in [6, 6.07) is 6.39. The first-order valence-corrected chi connectivity index (χ1v) is 6.70. The topological polar surface area (TPSA) is 41.5 Å². The van der Waals surface area contributed by atoms with Crippen molar-refractivity contribution in [2.75, 3.05) is 26.3 Å². The minimum atomic E-state index is 0.191. The molecule has 0 aliphatic carbocycles. The fourth-order valence-electron chi connectivity index (χ4n) is 1.83. The average molecular weight is 251 g/mol. The van der Waals surface area contributed by atoms with Crippen LogP contribution in [0, 0.1) is 6.92 Å². The van der Waals surface area contributed by atoms with Gasteiger partial charge in [0, 0.05) is 6.54 Å². The van der Waals surface area contributed by atoms with Gasteiger partial charge in [-0.25, -0.2) is 0 Å². The highest BCUT2D eigenvalue weighted by atomic mass is 16.5. The molecule has 0 heterocycles. The monoisotopic (exact) mass is 251 g/mol. The number of hydrogen-bond donors (Lipinski definition) is 2. The predicted molar refractivity (Wildman–Crippen MR) is 75.3 cm³/mol. The molecule has 0 amide bonds. The Morgan fingerprint density at radius 1 is 1.28 bits per heavy atom. The van der Waals surface area contributed by atoms with Crippen LogP contribution < -0.4 is 10.1 Å². The lowest BCUT2D eigenvalue weighted by Crippen LogP contribution is -2.21. The van der Waals surface area contributed by atoms with E-state index in [1.54, 1.807) is 0 Å². The third-order valence-corrected chi connectivity index (χ3v) is 2.84. The summed E-state index contributed by atoms with van der Waals surface area (Å²) in [4.78, 5) is 0. The molecule has 0 aromatic heterocycles. The molecule has 0 spiro atoms. The Hall–Kier alpha value is -1.06. The molecule has 1 aromatic carbocycles. The molecule has 1 aromatic rings. The minimum Gasteiger partial charge on any atom is -0.493 e. The van der Waals surface area contributed by atoms with E-state index in [9.17, 15) is 0 Å². The summed E-state index contributed by atoms with van der Waals surface area (Å²) >= 11 is 0. The number of aliphatic hydroxyl groups is 1. The molecular weight excluding hydrogens is 226 g/mol. The normalized spacial score (nSPS) is 10.9. The third kappa shape index (κ3) is 5.07. The van der Waals surface area contributed by atoms with Crippen molar-refractivity contribution in [1.29, 1.82) is 0 Å². The second-order valence-corrected chi connectivity index (χ2v) is 4.87.